The molecule has 0 radical (unpaired) electrons. The van der Waals surface area contributed by atoms with E-state index < -0.39 is 0 Å². The molecule has 0 aromatic heterocycles. The molecule has 2 aromatic carbocycles. The lowest BCUT2D eigenvalue weighted by atomic mass is 9.82. The van der Waals surface area contributed by atoms with Crippen molar-refractivity contribution in [1.29, 1.82) is 0 Å². The molecule has 0 amide bonds. The Morgan fingerprint density at radius 2 is 1.33 bits per heavy atom. The maximum Gasteiger partial charge on any atom is 0.0125 e. The third-order valence-electron chi connectivity index (χ3n) is 7.61. The van der Waals surface area contributed by atoms with Crippen LogP contribution in [0.2, 0.25) is 0 Å². The van der Waals surface area contributed by atoms with Gasteiger partial charge in [0.1, 0.15) is 0 Å². The Labute approximate surface area is 203 Å². The Kier molecular flexibility index (Phi) is 10.4. The molecule has 3 rings (SSSR count). The number of rotatable bonds is 12. The predicted molar refractivity (Wildman–Crippen MR) is 143 cm³/mol. The fraction of sp³-hybridized carbons (Fsp3) is 0.600. The number of nitrogens with two attached hydrogens (primary N) is 1. The highest BCUT2D eigenvalue weighted by Crippen LogP contribution is 2.24. The fourth-order valence-electron chi connectivity index (χ4n) is 5.44. The van der Waals surface area contributed by atoms with E-state index in [0.717, 1.165) is 38.3 Å². The highest BCUT2D eigenvalue weighted by molar-refractivity contribution is 5.23. The van der Waals surface area contributed by atoms with E-state index >= 15 is 0 Å². The first-order chi connectivity index (χ1) is 15.9. The molecule has 182 valence electrons. The van der Waals surface area contributed by atoms with Crippen molar-refractivity contribution < 1.29 is 0 Å². The topological polar surface area (TPSA) is 41.3 Å². The molecule has 0 spiro atoms. The van der Waals surface area contributed by atoms with Gasteiger partial charge in [0.05, 0.1) is 0 Å². The van der Waals surface area contributed by atoms with Crippen molar-refractivity contribution in [1.82, 2.24) is 10.2 Å². The van der Waals surface area contributed by atoms with Gasteiger partial charge in [0.15, 0.2) is 0 Å². The molecule has 2 atom stereocenters. The SMILES string of the molecule is Cc1ccc(CC(C)C(NCC2CCN(CCCN)CC2)C(C)Cc2ccc(C)cc2)cc1. The minimum absolute atomic E-state index is 0.517. The molecule has 3 N–H and O–H groups in total. The number of nitrogens with one attached hydrogen (secondary N) is 1. The van der Waals surface area contributed by atoms with Gasteiger partial charge in [-0.15, -0.1) is 0 Å². The Bertz CT molecular complexity index is 737. The van der Waals surface area contributed by atoms with Crippen molar-refractivity contribution in [2.45, 2.75) is 65.8 Å². The first-order valence-corrected chi connectivity index (χ1v) is 13.2. The molecule has 1 heterocycles. The first-order valence-electron chi connectivity index (χ1n) is 13.2. The van der Waals surface area contributed by atoms with Crippen LogP contribution >= 0.6 is 0 Å². The minimum atomic E-state index is 0.517. The molecule has 0 saturated carbocycles. The summed E-state index contributed by atoms with van der Waals surface area (Å²) < 4.78 is 0. The van der Waals surface area contributed by atoms with E-state index in [9.17, 15) is 0 Å². The van der Waals surface area contributed by atoms with Gasteiger partial charge in [-0.3, -0.25) is 0 Å². The van der Waals surface area contributed by atoms with E-state index in [0.29, 0.717) is 17.9 Å². The van der Waals surface area contributed by atoms with E-state index in [4.69, 9.17) is 5.73 Å². The zero-order chi connectivity index (χ0) is 23.6. The molecule has 1 aliphatic heterocycles. The van der Waals surface area contributed by atoms with Gasteiger partial charge in [0.2, 0.25) is 0 Å². The first kappa shape index (κ1) is 25.9. The highest BCUT2D eigenvalue weighted by Gasteiger charge is 2.26. The van der Waals surface area contributed by atoms with Gasteiger partial charge in [-0.25, -0.2) is 0 Å². The lowest BCUT2D eigenvalue weighted by Crippen LogP contribution is -2.46. The van der Waals surface area contributed by atoms with Crippen LogP contribution in [0.5, 0.6) is 0 Å². The lowest BCUT2D eigenvalue weighted by molar-refractivity contribution is 0.171. The average molecular weight is 450 g/mol. The van der Waals surface area contributed by atoms with Crippen LogP contribution in [0.1, 0.15) is 55.4 Å². The summed E-state index contributed by atoms with van der Waals surface area (Å²) in [6.45, 7) is 14.8. The van der Waals surface area contributed by atoms with Crippen LogP contribution in [0, 0.1) is 31.6 Å². The van der Waals surface area contributed by atoms with Gasteiger partial charge in [0, 0.05) is 6.04 Å². The van der Waals surface area contributed by atoms with Crippen LogP contribution in [0.4, 0.5) is 0 Å². The number of hydrogen-bond acceptors (Lipinski definition) is 3. The third kappa shape index (κ3) is 8.55. The van der Waals surface area contributed by atoms with E-state index in [-0.39, 0.29) is 0 Å². The number of piperidine rings is 1. The van der Waals surface area contributed by atoms with Gasteiger partial charge in [-0.1, -0.05) is 73.5 Å². The number of aryl methyl sites for hydroxylation is 2. The smallest absolute Gasteiger partial charge is 0.0125 e. The fourth-order valence-corrected chi connectivity index (χ4v) is 5.44. The number of benzene rings is 2. The predicted octanol–water partition coefficient (Wildman–Crippen LogP) is 5.38. The molecule has 1 aliphatic rings. The van der Waals surface area contributed by atoms with Gasteiger partial charge < -0.3 is 16.0 Å². The summed E-state index contributed by atoms with van der Waals surface area (Å²) >= 11 is 0. The zero-order valence-electron chi connectivity index (χ0n) is 21.5. The van der Waals surface area contributed by atoms with E-state index in [1.807, 2.05) is 0 Å². The van der Waals surface area contributed by atoms with Gasteiger partial charge in [0.25, 0.3) is 0 Å². The van der Waals surface area contributed by atoms with Crippen LogP contribution in [0.15, 0.2) is 48.5 Å². The number of likely N-dealkylation sites (tertiary alicyclic amines) is 1. The van der Waals surface area contributed by atoms with E-state index in [2.05, 4.69) is 86.4 Å². The van der Waals surface area contributed by atoms with Crippen molar-refractivity contribution in [3.63, 3.8) is 0 Å². The minimum Gasteiger partial charge on any atom is -0.330 e. The second-order valence-electron chi connectivity index (χ2n) is 10.7. The maximum atomic E-state index is 5.70. The van der Waals surface area contributed by atoms with E-state index in [1.165, 1.54) is 54.7 Å². The summed E-state index contributed by atoms with van der Waals surface area (Å²) in [7, 11) is 0. The van der Waals surface area contributed by atoms with E-state index in [1.54, 1.807) is 0 Å². The van der Waals surface area contributed by atoms with Crippen molar-refractivity contribution in [2.24, 2.45) is 23.5 Å². The van der Waals surface area contributed by atoms with Gasteiger partial charge >= 0.3 is 0 Å². The molecule has 2 unspecified atom stereocenters. The van der Waals surface area contributed by atoms with Crippen LogP contribution in [0.3, 0.4) is 0 Å². The third-order valence-corrected chi connectivity index (χ3v) is 7.61. The summed E-state index contributed by atoms with van der Waals surface area (Å²) in [5, 5.41) is 4.07. The molecular weight excluding hydrogens is 402 g/mol. The van der Waals surface area contributed by atoms with Crippen LogP contribution in [0.25, 0.3) is 0 Å². The molecule has 3 heteroatoms. The zero-order valence-corrected chi connectivity index (χ0v) is 21.5. The van der Waals surface area contributed by atoms with Crippen LogP contribution in [-0.2, 0) is 12.8 Å². The van der Waals surface area contributed by atoms with Crippen molar-refractivity contribution in [2.75, 3.05) is 32.7 Å². The quantitative estimate of drug-likeness (QED) is 0.457. The molecule has 1 saturated heterocycles. The normalized spacial score (nSPS) is 18.2. The van der Waals surface area contributed by atoms with Gasteiger partial charge in [-0.05, 0) is 108 Å². The van der Waals surface area contributed by atoms with Crippen molar-refractivity contribution in [3.05, 3.63) is 70.8 Å². The van der Waals surface area contributed by atoms with Gasteiger partial charge in [-0.2, -0.15) is 0 Å². The second-order valence-corrected chi connectivity index (χ2v) is 10.7. The molecular formula is C30H47N3. The lowest BCUT2D eigenvalue weighted by Gasteiger charge is -2.36. The molecule has 33 heavy (non-hydrogen) atoms. The summed E-state index contributed by atoms with van der Waals surface area (Å²) in [5.74, 6) is 1.98. The second kappa shape index (κ2) is 13.3. The Morgan fingerprint density at radius 3 is 1.79 bits per heavy atom. The van der Waals surface area contributed by atoms with Crippen LogP contribution in [-0.4, -0.2) is 43.7 Å². The Balaban J connectivity index is 1.60. The van der Waals surface area contributed by atoms with Crippen molar-refractivity contribution in [3.8, 4) is 0 Å². The average Bonchev–Trinajstić information content (AvgIpc) is 2.81. The molecule has 0 aliphatic carbocycles. The summed E-state index contributed by atoms with van der Waals surface area (Å²) in [5.41, 5.74) is 11.3. The monoisotopic (exact) mass is 449 g/mol. The summed E-state index contributed by atoms with van der Waals surface area (Å²) in [6, 6.07) is 18.8. The highest BCUT2D eigenvalue weighted by atomic mass is 15.1. The Hall–Kier alpha value is -1.68. The standard InChI is InChI=1S/C30H47N3/c1-23-6-10-27(11-7-23)20-25(3)30(26(4)21-28-12-8-24(2)9-13-28)32-22-29-14-18-33(19-15-29)17-5-16-31/h6-13,25-26,29-30,32H,5,14-22,31H2,1-4H3. The van der Waals surface area contributed by atoms with Crippen LogP contribution < -0.4 is 11.1 Å². The summed E-state index contributed by atoms with van der Waals surface area (Å²) in [6.07, 6.45) is 6.01. The molecule has 2 aromatic rings. The Morgan fingerprint density at radius 1 is 0.848 bits per heavy atom. The maximum absolute atomic E-state index is 5.70. The molecule has 0 bridgehead atoms. The number of hydrogen-bond donors (Lipinski definition) is 2. The molecule has 1 fully saturated rings. The molecule has 3 nitrogen and oxygen atoms in total. The number of nitrogens with zero attached hydrogens (tertiary/aromatic N) is 1. The van der Waals surface area contributed by atoms with Crippen molar-refractivity contribution >= 4 is 0 Å². The summed E-state index contributed by atoms with van der Waals surface area (Å²) in [4.78, 5) is 2.60. The largest absolute Gasteiger partial charge is 0.330 e.